The summed E-state index contributed by atoms with van der Waals surface area (Å²) in [6.45, 7) is 5.06. The van der Waals surface area contributed by atoms with Crippen molar-refractivity contribution in [3.8, 4) is 5.88 Å². The smallest absolute Gasteiger partial charge is 0.313 e. The maximum absolute atomic E-state index is 10.8. The molecular weight excluding hydrogens is 290 g/mol. The number of aliphatic carboxylic acids is 1. The Labute approximate surface area is 127 Å². The average Bonchev–Trinajstić information content (AvgIpc) is 2.79. The van der Waals surface area contributed by atoms with E-state index in [0.717, 1.165) is 24.1 Å². The molecule has 2 aromatic heterocycles. The molecule has 0 radical (unpaired) electrons. The highest BCUT2D eigenvalue weighted by atomic mass is 32.2. The van der Waals surface area contributed by atoms with Gasteiger partial charge < -0.3 is 14.4 Å². The number of imidazole rings is 1. The van der Waals surface area contributed by atoms with Crippen LogP contribution in [0.5, 0.6) is 5.88 Å². The van der Waals surface area contributed by atoms with E-state index in [2.05, 4.69) is 23.8 Å². The number of carboxylic acids is 1. The van der Waals surface area contributed by atoms with Crippen molar-refractivity contribution in [2.24, 2.45) is 5.92 Å². The van der Waals surface area contributed by atoms with E-state index in [4.69, 9.17) is 9.84 Å². The molecule has 0 saturated heterocycles. The molecule has 114 valence electrons. The second-order valence-electron chi connectivity index (χ2n) is 5.11. The van der Waals surface area contributed by atoms with Crippen LogP contribution in [0.4, 0.5) is 0 Å². The minimum Gasteiger partial charge on any atom is -0.481 e. The molecule has 6 nitrogen and oxygen atoms in total. The third-order valence-corrected chi connectivity index (χ3v) is 3.96. The van der Waals surface area contributed by atoms with E-state index in [1.54, 1.807) is 13.2 Å². The van der Waals surface area contributed by atoms with Gasteiger partial charge in [0, 0.05) is 12.6 Å². The molecule has 0 aliphatic heterocycles. The molecule has 2 rings (SSSR count). The number of aryl methyl sites for hydroxylation is 1. The molecule has 7 heteroatoms. The summed E-state index contributed by atoms with van der Waals surface area (Å²) in [6.07, 6.45) is 0.977. The predicted molar refractivity (Wildman–Crippen MR) is 81.9 cm³/mol. The fourth-order valence-corrected chi connectivity index (χ4v) is 2.65. The van der Waals surface area contributed by atoms with Crippen LogP contribution in [-0.4, -0.2) is 38.5 Å². The number of thioether (sulfide) groups is 1. The SMILES string of the molecule is COc1ccc2nc(SCC(=O)O)n(CCC(C)C)c2n1. The number of carboxylic acid groups (broad SMARTS) is 1. The molecule has 0 amide bonds. The van der Waals surface area contributed by atoms with Crippen LogP contribution >= 0.6 is 11.8 Å². The first-order chi connectivity index (χ1) is 10.0. The topological polar surface area (TPSA) is 77.2 Å². The van der Waals surface area contributed by atoms with Gasteiger partial charge in [-0.2, -0.15) is 4.98 Å². The molecule has 0 aliphatic carbocycles. The van der Waals surface area contributed by atoms with Crippen molar-refractivity contribution in [1.29, 1.82) is 0 Å². The van der Waals surface area contributed by atoms with Gasteiger partial charge in [0.1, 0.15) is 5.52 Å². The monoisotopic (exact) mass is 309 g/mol. The summed E-state index contributed by atoms with van der Waals surface area (Å²) in [5.41, 5.74) is 1.50. The number of fused-ring (bicyclic) bond motifs is 1. The molecular formula is C14H19N3O3S. The van der Waals surface area contributed by atoms with Crippen LogP contribution in [-0.2, 0) is 11.3 Å². The Bertz CT molecular complexity index is 640. The van der Waals surface area contributed by atoms with Crippen molar-refractivity contribution in [2.45, 2.75) is 32.0 Å². The lowest BCUT2D eigenvalue weighted by Gasteiger charge is -2.09. The van der Waals surface area contributed by atoms with Crippen molar-refractivity contribution in [3.05, 3.63) is 12.1 Å². The normalized spacial score (nSPS) is 11.2. The predicted octanol–water partition coefficient (Wildman–Crippen LogP) is 2.66. The molecule has 0 aliphatic rings. The standard InChI is InChI=1S/C14H19N3O3S/c1-9(2)6-7-17-13-10(4-5-11(16-13)20-3)15-14(17)21-8-12(18)19/h4-5,9H,6-8H2,1-3H3,(H,18,19). The number of hydrogen-bond donors (Lipinski definition) is 1. The van der Waals surface area contributed by atoms with Crippen LogP contribution < -0.4 is 4.74 Å². The lowest BCUT2D eigenvalue weighted by molar-refractivity contribution is -0.133. The second-order valence-corrected chi connectivity index (χ2v) is 6.05. The Morgan fingerprint density at radius 2 is 2.19 bits per heavy atom. The fourth-order valence-electron chi connectivity index (χ4n) is 1.90. The molecule has 0 fully saturated rings. The Balaban J connectivity index is 2.39. The number of rotatable bonds is 7. The van der Waals surface area contributed by atoms with Gasteiger partial charge in [-0.05, 0) is 18.4 Å². The second kappa shape index (κ2) is 6.80. The number of methoxy groups -OCH3 is 1. The van der Waals surface area contributed by atoms with E-state index < -0.39 is 5.97 Å². The van der Waals surface area contributed by atoms with Crippen molar-refractivity contribution in [3.63, 3.8) is 0 Å². The zero-order valence-electron chi connectivity index (χ0n) is 12.4. The molecule has 1 N–H and O–H groups in total. The lowest BCUT2D eigenvalue weighted by Crippen LogP contribution is -2.06. The van der Waals surface area contributed by atoms with Gasteiger partial charge in [-0.15, -0.1) is 0 Å². The Hall–Kier alpha value is -1.76. The number of hydrogen-bond acceptors (Lipinski definition) is 5. The van der Waals surface area contributed by atoms with Crippen LogP contribution in [0.2, 0.25) is 0 Å². The highest BCUT2D eigenvalue weighted by Crippen LogP contribution is 2.25. The number of pyridine rings is 1. The van der Waals surface area contributed by atoms with Gasteiger partial charge >= 0.3 is 5.97 Å². The van der Waals surface area contributed by atoms with E-state index in [-0.39, 0.29) is 5.75 Å². The largest absolute Gasteiger partial charge is 0.481 e. The lowest BCUT2D eigenvalue weighted by atomic mass is 10.1. The van der Waals surface area contributed by atoms with Gasteiger partial charge in [0.15, 0.2) is 10.8 Å². The van der Waals surface area contributed by atoms with Gasteiger partial charge in [0.05, 0.1) is 12.9 Å². The van der Waals surface area contributed by atoms with Crippen LogP contribution in [0.3, 0.4) is 0 Å². The molecule has 0 bridgehead atoms. The molecule has 21 heavy (non-hydrogen) atoms. The zero-order chi connectivity index (χ0) is 15.4. The van der Waals surface area contributed by atoms with Crippen LogP contribution in [0, 0.1) is 5.92 Å². The third kappa shape index (κ3) is 3.87. The molecule has 0 atom stereocenters. The first-order valence-corrected chi connectivity index (χ1v) is 7.75. The number of nitrogens with zero attached hydrogens (tertiary/aromatic N) is 3. The Kier molecular flexibility index (Phi) is 5.06. The third-order valence-electron chi connectivity index (χ3n) is 3.00. The molecule has 0 unspecified atom stereocenters. The molecule has 0 saturated carbocycles. The Morgan fingerprint density at radius 3 is 2.81 bits per heavy atom. The van der Waals surface area contributed by atoms with Crippen molar-refractivity contribution in [1.82, 2.24) is 14.5 Å². The summed E-state index contributed by atoms with van der Waals surface area (Å²) in [7, 11) is 1.57. The van der Waals surface area contributed by atoms with E-state index in [1.165, 1.54) is 11.8 Å². The van der Waals surface area contributed by atoms with E-state index >= 15 is 0 Å². The van der Waals surface area contributed by atoms with Gasteiger partial charge in [-0.25, -0.2) is 4.98 Å². The van der Waals surface area contributed by atoms with Crippen molar-refractivity contribution >= 4 is 28.9 Å². The molecule has 0 spiro atoms. The quantitative estimate of drug-likeness (QED) is 0.792. The Morgan fingerprint density at radius 1 is 1.43 bits per heavy atom. The van der Waals surface area contributed by atoms with E-state index in [1.807, 2.05) is 10.6 Å². The highest BCUT2D eigenvalue weighted by molar-refractivity contribution is 7.99. The minimum atomic E-state index is -0.854. The number of ether oxygens (including phenoxy) is 1. The van der Waals surface area contributed by atoms with Crippen LogP contribution in [0.15, 0.2) is 17.3 Å². The van der Waals surface area contributed by atoms with Gasteiger partial charge in [0.2, 0.25) is 5.88 Å². The summed E-state index contributed by atoms with van der Waals surface area (Å²) < 4.78 is 7.13. The highest BCUT2D eigenvalue weighted by Gasteiger charge is 2.15. The number of carbonyl (C=O) groups is 1. The maximum atomic E-state index is 10.8. The number of aromatic nitrogens is 3. The summed E-state index contributed by atoms with van der Waals surface area (Å²) >= 11 is 1.22. The van der Waals surface area contributed by atoms with Gasteiger partial charge in [-0.3, -0.25) is 4.79 Å². The summed E-state index contributed by atoms with van der Waals surface area (Å²) in [5.74, 6) is 0.212. The molecule has 2 aromatic rings. The maximum Gasteiger partial charge on any atom is 0.313 e. The summed E-state index contributed by atoms with van der Waals surface area (Å²) in [5, 5.41) is 9.54. The van der Waals surface area contributed by atoms with Crippen molar-refractivity contribution < 1.29 is 14.6 Å². The fraction of sp³-hybridized carbons (Fsp3) is 0.500. The van der Waals surface area contributed by atoms with Crippen molar-refractivity contribution in [2.75, 3.05) is 12.9 Å². The first kappa shape index (κ1) is 15.6. The van der Waals surface area contributed by atoms with Crippen LogP contribution in [0.1, 0.15) is 20.3 Å². The summed E-state index contributed by atoms with van der Waals surface area (Å²) in [4.78, 5) is 19.7. The van der Waals surface area contributed by atoms with Crippen LogP contribution in [0.25, 0.3) is 11.2 Å². The first-order valence-electron chi connectivity index (χ1n) is 6.77. The summed E-state index contributed by atoms with van der Waals surface area (Å²) in [6, 6.07) is 3.60. The van der Waals surface area contributed by atoms with E-state index in [9.17, 15) is 4.79 Å². The zero-order valence-corrected chi connectivity index (χ0v) is 13.2. The van der Waals surface area contributed by atoms with Gasteiger partial charge in [-0.1, -0.05) is 25.6 Å². The average molecular weight is 309 g/mol. The molecule has 2 heterocycles. The van der Waals surface area contributed by atoms with Gasteiger partial charge in [0.25, 0.3) is 0 Å². The van der Waals surface area contributed by atoms with E-state index in [0.29, 0.717) is 17.0 Å². The molecule has 0 aromatic carbocycles. The minimum absolute atomic E-state index is 0.0118.